The van der Waals surface area contributed by atoms with Gasteiger partial charge in [0.2, 0.25) is 5.88 Å². The fraction of sp³-hybridized carbons (Fsp3) is 0. The molecule has 2 aromatic rings. The molecule has 0 saturated heterocycles. The summed E-state index contributed by atoms with van der Waals surface area (Å²) in [6, 6.07) is 7.49. The Labute approximate surface area is 116 Å². The minimum absolute atomic E-state index is 0.00566. The van der Waals surface area contributed by atoms with Crippen molar-refractivity contribution in [2.24, 2.45) is 10.9 Å². The summed E-state index contributed by atoms with van der Waals surface area (Å²) in [6.07, 6.45) is 1.46. The van der Waals surface area contributed by atoms with E-state index < -0.39 is 5.82 Å². The molecule has 0 atom stereocenters. The predicted molar refractivity (Wildman–Crippen MR) is 70.9 cm³/mol. The van der Waals surface area contributed by atoms with E-state index in [1.165, 1.54) is 18.3 Å². The van der Waals surface area contributed by atoms with Gasteiger partial charge in [-0.3, -0.25) is 0 Å². The average Bonchev–Trinajstić information content (AvgIpc) is 2.41. The number of pyridine rings is 1. The molecule has 0 spiro atoms. The number of benzene rings is 1. The Morgan fingerprint density at radius 1 is 1.42 bits per heavy atom. The van der Waals surface area contributed by atoms with Gasteiger partial charge in [-0.15, -0.1) is 0 Å². The van der Waals surface area contributed by atoms with Crippen molar-refractivity contribution in [2.45, 2.75) is 0 Å². The number of nitrogens with two attached hydrogens (primary N) is 1. The van der Waals surface area contributed by atoms with Gasteiger partial charge in [0.1, 0.15) is 0 Å². The lowest BCUT2D eigenvalue weighted by atomic mass is 10.2. The first-order valence-corrected chi connectivity index (χ1v) is 5.97. The number of ether oxygens (including phenoxy) is 1. The van der Waals surface area contributed by atoms with E-state index >= 15 is 0 Å². The molecule has 0 radical (unpaired) electrons. The van der Waals surface area contributed by atoms with Crippen molar-refractivity contribution in [2.75, 3.05) is 0 Å². The van der Waals surface area contributed by atoms with Crippen molar-refractivity contribution in [3.63, 3.8) is 0 Å². The van der Waals surface area contributed by atoms with Gasteiger partial charge in [-0.25, -0.2) is 9.37 Å². The van der Waals surface area contributed by atoms with E-state index in [2.05, 4.69) is 26.1 Å². The molecular weight excluding hydrogens is 317 g/mol. The molecule has 7 heteroatoms. The molecule has 0 unspecified atom stereocenters. The number of rotatable bonds is 3. The van der Waals surface area contributed by atoms with Crippen LogP contribution in [0, 0.1) is 5.82 Å². The van der Waals surface area contributed by atoms with E-state index in [0.29, 0.717) is 4.47 Å². The Bertz CT molecular complexity index is 634. The van der Waals surface area contributed by atoms with Crippen LogP contribution in [0.25, 0.3) is 0 Å². The maximum Gasteiger partial charge on any atom is 0.230 e. The van der Waals surface area contributed by atoms with E-state index in [1.807, 2.05) is 0 Å². The second kappa shape index (κ2) is 5.66. The first-order chi connectivity index (χ1) is 9.11. The summed E-state index contributed by atoms with van der Waals surface area (Å²) in [5.41, 5.74) is 5.76. The van der Waals surface area contributed by atoms with Crippen LogP contribution < -0.4 is 10.5 Å². The molecule has 1 heterocycles. The summed E-state index contributed by atoms with van der Waals surface area (Å²) in [4.78, 5) is 3.93. The fourth-order valence-electron chi connectivity index (χ4n) is 1.38. The molecule has 2 rings (SSSR count). The highest BCUT2D eigenvalue weighted by Gasteiger charge is 2.12. The number of hydrogen-bond donors (Lipinski definition) is 2. The third kappa shape index (κ3) is 3.00. The van der Waals surface area contributed by atoms with E-state index in [1.54, 1.807) is 18.2 Å². The Balaban J connectivity index is 2.38. The van der Waals surface area contributed by atoms with Gasteiger partial charge < -0.3 is 15.7 Å². The number of halogens is 2. The molecule has 1 aromatic heterocycles. The van der Waals surface area contributed by atoms with Gasteiger partial charge in [0.15, 0.2) is 17.4 Å². The second-order valence-electron chi connectivity index (χ2n) is 3.52. The standard InChI is InChI=1S/C12H9BrFN3O2/c13-7-3-4-10(9(14)6-7)19-12-8(11(15)17-18)2-1-5-16-12/h1-6,18H,(H2,15,17). The van der Waals surface area contributed by atoms with Crippen LogP contribution in [0.1, 0.15) is 5.56 Å². The van der Waals surface area contributed by atoms with Crippen LogP contribution in [-0.2, 0) is 0 Å². The van der Waals surface area contributed by atoms with E-state index in [9.17, 15) is 4.39 Å². The summed E-state index contributed by atoms with van der Waals surface area (Å²) in [5.74, 6) is -0.668. The van der Waals surface area contributed by atoms with Gasteiger partial charge in [-0.05, 0) is 30.3 Å². The van der Waals surface area contributed by atoms with Crippen molar-refractivity contribution in [3.05, 3.63) is 52.4 Å². The maximum absolute atomic E-state index is 13.7. The molecule has 0 amide bonds. The minimum atomic E-state index is -0.550. The molecule has 0 aliphatic rings. The third-order valence-electron chi connectivity index (χ3n) is 2.26. The molecule has 0 fully saturated rings. The predicted octanol–water partition coefficient (Wildman–Crippen LogP) is 2.87. The molecule has 1 aromatic carbocycles. The van der Waals surface area contributed by atoms with Crippen LogP contribution in [0.5, 0.6) is 11.6 Å². The Kier molecular flexibility index (Phi) is 3.96. The summed E-state index contributed by atoms with van der Waals surface area (Å²) >= 11 is 3.15. The summed E-state index contributed by atoms with van der Waals surface area (Å²) in [5, 5.41) is 11.5. The van der Waals surface area contributed by atoms with Crippen LogP contribution in [0.15, 0.2) is 46.2 Å². The van der Waals surface area contributed by atoms with Gasteiger partial charge in [-0.1, -0.05) is 21.1 Å². The van der Waals surface area contributed by atoms with Gasteiger partial charge in [0.25, 0.3) is 0 Å². The molecular formula is C12H9BrFN3O2. The maximum atomic E-state index is 13.7. The van der Waals surface area contributed by atoms with E-state index in [-0.39, 0.29) is 23.0 Å². The highest BCUT2D eigenvalue weighted by atomic mass is 79.9. The SMILES string of the molecule is N/C(=N\O)c1cccnc1Oc1ccc(Br)cc1F. The third-order valence-corrected chi connectivity index (χ3v) is 2.75. The zero-order chi connectivity index (χ0) is 13.8. The molecule has 19 heavy (non-hydrogen) atoms. The topological polar surface area (TPSA) is 80.7 Å². The van der Waals surface area contributed by atoms with Gasteiger partial charge in [-0.2, -0.15) is 0 Å². The number of hydrogen-bond acceptors (Lipinski definition) is 4. The highest BCUT2D eigenvalue weighted by Crippen LogP contribution is 2.27. The Morgan fingerprint density at radius 3 is 2.89 bits per heavy atom. The largest absolute Gasteiger partial charge is 0.435 e. The molecule has 3 N–H and O–H groups in total. The molecule has 98 valence electrons. The Morgan fingerprint density at radius 2 is 2.21 bits per heavy atom. The minimum Gasteiger partial charge on any atom is -0.435 e. The lowest BCUT2D eigenvalue weighted by molar-refractivity contribution is 0.318. The number of aromatic nitrogens is 1. The van der Waals surface area contributed by atoms with Crippen molar-refractivity contribution in [1.82, 2.24) is 4.98 Å². The summed E-state index contributed by atoms with van der Waals surface area (Å²) < 4.78 is 19.6. The van der Waals surface area contributed by atoms with Crippen LogP contribution in [-0.4, -0.2) is 16.0 Å². The van der Waals surface area contributed by atoms with Gasteiger partial charge in [0.05, 0.1) is 5.56 Å². The van der Waals surface area contributed by atoms with Crippen molar-refractivity contribution >= 4 is 21.8 Å². The molecule has 0 aliphatic heterocycles. The van der Waals surface area contributed by atoms with Crippen LogP contribution in [0.3, 0.4) is 0 Å². The summed E-state index contributed by atoms with van der Waals surface area (Å²) in [6.45, 7) is 0. The zero-order valence-electron chi connectivity index (χ0n) is 9.55. The molecule has 0 aliphatic carbocycles. The Hall–Kier alpha value is -2.15. The number of nitrogens with zero attached hydrogens (tertiary/aromatic N) is 2. The first-order valence-electron chi connectivity index (χ1n) is 5.17. The van der Waals surface area contributed by atoms with Crippen LogP contribution in [0.2, 0.25) is 0 Å². The lowest BCUT2D eigenvalue weighted by Crippen LogP contribution is -2.14. The first kappa shape index (κ1) is 13.3. The summed E-state index contributed by atoms with van der Waals surface area (Å²) in [7, 11) is 0. The zero-order valence-corrected chi connectivity index (χ0v) is 11.1. The van der Waals surface area contributed by atoms with Gasteiger partial charge in [0, 0.05) is 10.7 Å². The number of oxime groups is 1. The van der Waals surface area contributed by atoms with E-state index in [4.69, 9.17) is 15.7 Å². The molecule has 0 saturated carbocycles. The highest BCUT2D eigenvalue weighted by molar-refractivity contribution is 9.10. The molecule has 0 bridgehead atoms. The van der Waals surface area contributed by atoms with Crippen molar-refractivity contribution < 1.29 is 14.3 Å². The van der Waals surface area contributed by atoms with Crippen LogP contribution in [0.4, 0.5) is 4.39 Å². The monoisotopic (exact) mass is 325 g/mol. The average molecular weight is 326 g/mol. The fourth-order valence-corrected chi connectivity index (χ4v) is 1.72. The lowest BCUT2D eigenvalue weighted by Gasteiger charge is -2.09. The quantitative estimate of drug-likeness (QED) is 0.393. The van der Waals surface area contributed by atoms with Crippen LogP contribution >= 0.6 is 15.9 Å². The smallest absolute Gasteiger partial charge is 0.230 e. The van der Waals surface area contributed by atoms with E-state index in [0.717, 1.165) is 0 Å². The van der Waals surface area contributed by atoms with Crippen molar-refractivity contribution in [1.29, 1.82) is 0 Å². The van der Waals surface area contributed by atoms with Gasteiger partial charge >= 0.3 is 0 Å². The second-order valence-corrected chi connectivity index (χ2v) is 4.43. The normalized spacial score (nSPS) is 11.4. The number of amidine groups is 1. The van der Waals surface area contributed by atoms with Crippen molar-refractivity contribution in [3.8, 4) is 11.6 Å². The molecule has 5 nitrogen and oxygen atoms in total.